The van der Waals surface area contributed by atoms with Crippen LogP contribution in [0.3, 0.4) is 0 Å². The van der Waals surface area contributed by atoms with Crippen LogP contribution in [0.1, 0.15) is 13.8 Å². The number of amides is 2. The van der Waals surface area contributed by atoms with Crippen LogP contribution in [0.4, 0.5) is 0 Å². The first-order valence-corrected chi connectivity index (χ1v) is 3.61. The maximum Gasteiger partial charge on any atom is 0.322 e. The maximum atomic E-state index is 11.2. The van der Waals surface area contributed by atoms with Gasteiger partial charge in [-0.15, -0.1) is 0 Å². The summed E-state index contributed by atoms with van der Waals surface area (Å²) in [5, 5.41) is 12.7. The van der Waals surface area contributed by atoms with Crippen molar-refractivity contribution in [1.82, 2.24) is 10.6 Å². The second kappa shape index (κ2) is 4.44. The summed E-state index contributed by atoms with van der Waals surface area (Å²) in [7, 11) is 0. The molecule has 6 nitrogen and oxygen atoms in total. The molecular weight excluding hydrogens is 176 g/mol. The van der Waals surface area contributed by atoms with Gasteiger partial charge in [-0.2, -0.15) is 0 Å². The summed E-state index contributed by atoms with van der Waals surface area (Å²) in [6, 6.07) is 0. The van der Waals surface area contributed by atoms with Crippen molar-refractivity contribution in [3.8, 4) is 0 Å². The lowest BCUT2D eigenvalue weighted by molar-refractivity contribution is -0.139. The Hall–Kier alpha value is -1.59. The van der Waals surface area contributed by atoms with Crippen LogP contribution in [-0.2, 0) is 14.4 Å². The van der Waals surface area contributed by atoms with Gasteiger partial charge in [0.1, 0.15) is 12.1 Å². The lowest BCUT2D eigenvalue weighted by Crippen LogP contribution is -2.53. The summed E-state index contributed by atoms with van der Waals surface area (Å²) in [6.45, 7) is 2.49. The number of hydrogen-bond donors (Lipinski definition) is 3. The molecule has 74 valence electrons. The standard InChI is InChI=1S/C7H12N2O4/c1-7(2,9-4-10)6(13)8-3-5(11)12/h4H,3H2,1-2H3,(H,8,13)(H,9,10)(H,11,12). The Labute approximate surface area is 75.3 Å². The molecule has 0 spiro atoms. The average molecular weight is 188 g/mol. The number of rotatable bonds is 5. The summed E-state index contributed by atoms with van der Waals surface area (Å²) in [4.78, 5) is 31.3. The SMILES string of the molecule is CC(C)(NC=O)C(=O)NCC(=O)O. The molecule has 0 aliphatic rings. The van der Waals surface area contributed by atoms with Crippen LogP contribution in [-0.4, -0.2) is 35.5 Å². The highest BCUT2D eigenvalue weighted by molar-refractivity contribution is 5.89. The highest BCUT2D eigenvalue weighted by Crippen LogP contribution is 1.99. The van der Waals surface area contributed by atoms with Gasteiger partial charge >= 0.3 is 5.97 Å². The zero-order valence-corrected chi connectivity index (χ0v) is 7.46. The van der Waals surface area contributed by atoms with E-state index in [1.807, 2.05) is 0 Å². The Morgan fingerprint density at radius 1 is 1.46 bits per heavy atom. The van der Waals surface area contributed by atoms with Crippen LogP contribution in [0.25, 0.3) is 0 Å². The van der Waals surface area contributed by atoms with E-state index in [9.17, 15) is 14.4 Å². The van der Waals surface area contributed by atoms with Crippen molar-refractivity contribution in [3.05, 3.63) is 0 Å². The predicted octanol–water partition coefficient (Wildman–Crippen LogP) is -1.29. The lowest BCUT2D eigenvalue weighted by atomic mass is 10.1. The van der Waals surface area contributed by atoms with E-state index >= 15 is 0 Å². The van der Waals surface area contributed by atoms with Gasteiger partial charge in [0.25, 0.3) is 0 Å². The molecule has 0 unspecified atom stereocenters. The Balaban J connectivity index is 4.08. The molecule has 2 amide bonds. The number of carboxylic acid groups (broad SMARTS) is 1. The minimum Gasteiger partial charge on any atom is -0.480 e. The maximum absolute atomic E-state index is 11.2. The first kappa shape index (κ1) is 11.4. The molecule has 0 heterocycles. The molecule has 0 aromatic carbocycles. The predicted molar refractivity (Wildman–Crippen MR) is 43.9 cm³/mol. The second-order valence-corrected chi connectivity index (χ2v) is 2.96. The van der Waals surface area contributed by atoms with Gasteiger partial charge in [-0.1, -0.05) is 0 Å². The summed E-state index contributed by atoms with van der Waals surface area (Å²) >= 11 is 0. The van der Waals surface area contributed by atoms with Crippen molar-refractivity contribution < 1.29 is 19.5 Å². The molecule has 13 heavy (non-hydrogen) atoms. The fourth-order valence-corrected chi connectivity index (χ4v) is 0.590. The van der Waals surface area contributed by atoms with E-state index in [0.29, 0.717) is 6.41 Å². The third-order valence-corrected chi connectivity index (χ3v) is 1.39. The molecule has 0 aliphatic carbocycles. The molecule has 0 saturated carbocycles. The second-order valence-electron chi connectivity index (χ2n) is 2.96. The van der Waals surface area contributed by atoms with E-state index < -0.39 is 24.0 Å². The van der Waals surface area contributed by atoms with E-state index in [1.54, 1.807) is 0 Å². The van der Waals surface area contributed by atoms with Crippen molar-refractivity contribution in [2.75, 3.05) is 6.54 Å². The van der Waals surface area contributed by atoms with Gasteiger partial charge in [-0.05, 0) is 13.8 Å². The van der Waals surface area contributed by atoms with E-state index in [-0.39, 0.29) is 0 Å². The third kappa shape index (κ3) is 4.09. The number of carboxylic acids is 1. The van der Waals surface area contributed by atoms with Crippen LogP contribution in [0.5, 0.6) is 0 Å². The minimum absolute atomic E-state index is 0.389. The molecule has 3 N–H and O–H groups in total. The monoisotopic (exact) mass is 188 g/mol. The molecule has 0 aromatic rings. The van der Waals surface area contributed by atoms with Crippen molar-refractivity contribution in [1.29, 1.82) is 0 Å². The number of nitrogens with one attached hydrogen (secondary N) is 2. The number of carbonyl (C=O) groups is 3. The summed E-state index contributed by atoms with van der Waals surface area (Å²) < 4.78 is 0. The molecule has 0 aromatic heterocycles. The van der Waals surface area contributed by atoms with Crippen LogP contribution < -0.4 is 10.6 Å². The van der Waals surface area contributed by atoms with Crippen LogP contribution in [0, 0.1) is 0 Å². The molecular formula is C7H12N2O4. The molecule has 0 rings (SSSR count). The average Bonchev–Trinajstić information content (AvgIpc) is 1.99. The zero-order valence-electron chi connectivity index (χ0n) is 7.46. The van der Waals surface area contributed by atoms with E-state index in [0.717, 1.165) is 0 Å². The first-order valence-electron chi connectivity index (χ1n) is 3.61. The van der Waals surface area contributed by atoms with E-state index in [2.05, 4.69) is 10.6 Å². The number of aliphatic carboxylic acids is 1. The van der Waals surface area contributed by atoms with Gasteiger partial charge in [0.05, 0.1) is 0 Å². The Kier molecular flexibility index (Phi) is 3.90. The van der Waals surface area contributed by atoms with Gasteiger partial charge < -0.3 is 15.7 Å². The Bertz CT molecular complexity index is 225. The molecule has 0 bridgehead atoms. The Morgan fingerprint density at radius 3 is 2.38 bits per heavy atom. The van der Waals surface area contributed by atoms with Crippen LogP contribution in [0.2, 0.25) is 0 Å². The van der Waals surface area contributed by atoms with E-state index in [1.165, 1.54) is 13.8 Å². The van der Waals surface area contributed by atoms with Gasteiger partial charge in [-0.3, -0.25) is 14.4 Å². The van der Waals surface area contributed by atoms with Crippen LogP contribution >= 0.6 is 0 Å². The molecule has 0 fully saturated rings. The topological polar surface area (TPSA) is 95.5 Å². The molecule has 0 atom stereocenters. The molecule has 0 saturated heterocycles. The van der Waals surface area contributed by atoms with Gasteiger partial charge in [0.2, 0.25) is 12.3 Å². The van der Waals surface area contributed by atoms with Gasteiger partial charge in [0.15, 0.2) is 0 Å². The van der Waals surface area contributed by atoms with Gasteiger partial charge in [-0.25, -0.2) is 0 Å². The number of hydrogen-bond acceptors (Lipinski definition) is 3. The number of carbonyl (C=O) groups excluding carboxylic acids is 2. The summed E-state index contributed by atoms with van der Waals surface area (Å²) in [5.74, 6) is -1.67. The van der Waals surface area contributed by atoms with Crippen molar-refractivity contribution in [2.45, 2.75) is 19.4 Å². The Morgan fingerprint density at radius 2 is 2.00 bits per heavy atom. The molecule has 0 radical (unpaired) electrons. The largest absolute Gasteiger partial charge is 0.480 e. The summed E-state index contributed by atoms with van der Waals surface area (Å²) in [6.07, 6.45) is 0.389. The first-order chi connectivity index (χ1) is 5.90. The highest BCUT2D eigenvalue weighted by Gasteiger charge is 2.26. The smallest absolute Gasteiger partial charge is 0.322 e. The van der Waals surface area contributed by atoms with Crippen molar-refractivity contribution >= 4 is 18.3 Å². The van der Waals surface area contributed by atoms with E-state index in [4.69, 9.17) is 5.11 Å². The van der Waals surface area contributed by atoms with Gasteiger partial charge in [0, 0.05) is 0 Å². The third-order valence-electron chi connectivity index (χ3n) is 1.39. The lowest BCUT2D eigenvalue weighted by Gasteiger charge is -2.21. The fraction of sp³-hybridized carbons (Fsp3) is 0.571. The highest BCUT2D eigenvalue weighted by atomic mass is 16.4. The fourth-order valence-electron chi connectivity index (χ4n) is 0.590. The zero-order chi connectivity index (χ0) is 10.5. The minimum atomic E-state index is -1.13. The molecule has 6 heteroatoms. The summed E-state index contributed by atoms with van der Waals surface area (Å²) in [5.41, 5.74) is -1.09. The van der Waals surface area contributed by atoms with Crippen molar-refractivity contribution in [2.24, 2.45) is 0 Å². The molecule has 0 aliphatic heterocycles. The normalized spacial score (nSPS) is 10.3. The quantitative estimate of drug-likeness (QED) is 0.468. The van der Waals surface area contributed by atoms with Crippen LogP contribution in [0.15, 0.2) is 0 Å². The van der Waals surface area contributed by atoms with Crippen molar-refractivity contribution in [3.63, 3.8) is 0 Å².